The summed E-state index contributed by atoms with van der Waals surface area (Å²) >= 11 is 0. The van der Waals surface area contributed by atoms with Crippen LogP contribution in [0.3, 0.4) is 0 Å². The molecular weight excluding hydrogens is 298 g/mol. The van der Waals surface area contributed by atoms with E-state index in [0.29, 0.717) is 11.7 Å². The molecule has 0 fully saturated rings. The number of fused-ring (bicyclic) bond motifs is 3. The lowest BCUT2D eigenvalue weighted by Gasteiger charge is -2.12. The predicted octanol–water partition coefficient (Wildman–Crippen LogP) is 1.01. The zero-order valence-electron chi connectivity index (χ0n) is 13.7. The number of aromatic nitrogens is 4. The van der Waals surface area contributed by atoms with Gasteiger partial charge >= 0.3 is 6.01 Å². The number of aryl methyl sites for hydroxylation is 2. The molecule has 0 atom stereocenters. The summed E-state index contributed by atoms with van der Waals surface area (Å²) in [5.41, 5.74) is 3.94. The standard InChI is InChI=1S/C15H19N5O3/c1-19-13-10(12(18-19)14(21)20(2)23-4)7-5-6-9-8-16-15(22-3)17-11(9)13/h8H,5-7H2,1-4H3. The summed E-state index contributed by atoms with van der Waals surface area (Å²) in [4.78, 5) is 26.1. The summed E-state index contributed by atoms with van der Waals surface area (Å²) in [6, 6.07) is 0.305. The Morgan fingerprint density at radius 1 is 1.35 bits per heavy atom. The first-order chi connectivity index (χ1) is 11.1. The van der Waals surface area contributed by atoms with Crippen LogP contribution in [0.25, 0.3) is 11.4 Å². The molecule has 23 heavy (non-hydrogen) atoms. The van der Waals surface area contributed by atoms with E-state index in [9.17, 15) is 4.79 Å². The molecule has 1 aliphatic carbocycles. The van der Waals surface area contributed by atoms with Crippen molar-refractivity contribution in [3.8, 4) is 17.4 Å². The maximum Gasteiger partial charge on any atom is 0.316 e. The second-order valence-electron chi connectivity index (χ2n) is 5.37. The van der Waals surface area contributed by atoms with Crippen LogP contribution in [-0.2, 0) is 24.7 Å². The van der Waals surface area contributed by atoms with Gasteiger partial charge in [0, 0.05) is 25.9 Å². The van der Waals surface area contributed by atoms with Crippen molar-refractivity contribution < 1.29 is 14.4 Å². The van der Waals surface area contributed by atoms with Crippen molar-refractivity contribution in [2.24, 2.45) is 7.05 Å². The Morgan fingerprint density at radius 2 is 2.13 bits per heavy atom. The molecular formula is C15H19N5O3. The van der Waals surface area contributed by atoms with Crippen LogP contribution in [0.1, 0.15) is 28.0 Å². The second kappa shape index (κ2) is 5.96. The SMILES string of the molecule is COc1ncc2c(n1)-c1c(c(C(=O)N(C)OC)nn1C)CCC2. The van der Waals surface area contributed by atoms with Gasteiger partial charge in [-0.15, -0.1) is 0 Å². The van der Waals surface area contributed by atoms with Crippen LogP contribution in [0.5, 0.6) is 6.01 Å². The van der Waals surface area contributed by atoms with E-state index < -0.39 is 0 Å². The minimum atomic E-state index is -0.270. The Hall–Kier alpha value is -2.48. The average molecular weight is 317 g/mol. The van der Waals surface area contributed by atoms with E-state index in [1.54, 1.807) is 17.9 Å². The molecule has 1 aliphatic rings. The molecule has 0 saturated carbocycles. The molecule has 1 amide bonds. The van der Waals surface area contributed by atoms with Crippen molar-refractivity contribution in [1.29, 1.82) is 0 Å². The second-order valence-corrected chi connectivity index (χ2v) is 5.37. The van der Waals surface area contributed by atoms with Gasteiger partial charge in [-0.25, -0.2) is 10.0 Å². The third kappa shape index (κ3) is 2.55. The van der Waals surface area contributed by atoms with E-state index in [2.05, 4.69) is 15.1 Å². The van der Waals surface area contributed by atoms with Crippen molar-refractivity contribution in [3.05, 3.63) is 23.0 Å². The number of nitrogens with zero attached hydrogens (tertiary/aromatic N) is 5. The molecule has 0 unspecified atom stereocenters. The Kier molecular flexibility index (Phi) is 3.99. The molecule has 2 aromatic heterocycles. The van der Waals surface area contributed by atoms with Crippen molar-refractivity contribution in [3.63, 3.8) is 0 Å². The Bertz CT molecular complexity index is 756. The molecule has 0 aromatic carbocycles. The summed E-state index contributed by atoms with van der Waals surface area (Å²) in [5.74, 6) is -0.270. The first kappa shape index (κ1) is 15.4. The van der Waals surface area contributed by atoms with Gasteiger partial charge in [0.2, 0.25) is 0 Å². The van der Waals surface area contributed by atoms with Crippen LogP contribution in [0.2, 0.25) is 0 Å². The van der Waals surface area contributed by atoms with Gasteiger partial charge in [-0.2, -0.15) is 10.1 Å². The van der Waals surface area contributed by atoms with Crippen LogP contribution in [0.4, 0.5) is 0 Å². The molecule has 0 saturated heterocycles. The van der Waals surface area contributed by atoms with Crippen LogP contribution < -0.4 is 4.74 Å². The maximum absolute atomic E-state index is 12.5. The molecule has 0 spiro atoms. The normalized spacial score (nSPS) is 13.0. The van der Waals surface area contributed by atoms with E-state index in [4.69, 9.17) is 9.57 Å². The molecule has 2 heterocycles. The molecule has 3 rings (SSSR count). The third-order valence-corrected chi connectivity index (χ3v) is 4.03. The van der Waals surface area contributed by atoms with Gasteiger partial charge in [0.25, 0.3) is 5.91 Å². The number of methoxy groups -OCH3 is 1. The monoisotopic (exact) mass is 317 g/mol. The highest BCUT2D eigenvalue weighted by Gasteiger charge is 2.29. The summed E-state index contributed by atoms with van der Waals surface area (Å²) in [6.45, 7) is 0. The van der Waals surface area contributed by atoms with Crippen LogP contribution >= 0.6 is 0 Å². The van der Waals surface area contributed by atoms with E-state index in [0.717, 1.165) is 41.8 Å². The van der Waals surface area contributed by atoms with Crippen molar-refractivity contribution in [2.45, 2.75) is 19.3 Å². The van der Waals surface area contributed by atoms with Gasteiger partial charge in [0.1, 0.15) is 0 Å². The van der Waals surface area contributed by atoms with Gasteiger partial charge in [-0.05, 0) is 24.8 Å². The zero-order chi connectivity index (χ0) is 16.6. The van der Waals surface area contributed by atoms with E-state index >= 15 is 0 Å². The molecule has 0 N–H and O–H groups in total. The number of carbonyl (C=O) groups is 1. The van der Waals surface area contributed by atoms with E-state index in [1.807, 2.05) is 7.05 Å². The number of ether oxygens (including phenoxy) is 1. The highest BCUT2D eigenvalue weighted by molar-refractivity contribution is 5.95. The topological polar surface area (TPSA) is 82.4 Å². The summed E-state index contributed by atoms with van der Waals surface area (Å²) < 4.78 is 6.84. The number of hydrogen-bond donors (Lipinski definition) is 0. The Morgan fingerprint density at radius 3 is 2.83 bits per heavy atom. The molecule has 122 valence electrons. The smallest absolute Gasteiger partial charge is 0.316 e. The first-order valence-electron chi connectivity index (χ1n) is 7.35. The first-order valence-corrected chi connectivity index (χ1v) is 7.35. The highest BCUT2D eigenvalue weighted by atomic mass is 16.7. The third-order valence-electron chi connectivity index (χ3n) is 4.03. The molecule has 8 heteroatoms. The minimum Gasteiger partial charge on any atom is -0.467 e. The molecule has 0 aliphatic heterocycles. The Balaban J connectivity index is 2.18. The van der Waals surface area contributed by atoms with Crippen LogP contribution in [0.15, 0.2) is 6.20 Å². The lowest BCUT2D eigenvalue weighted by atomic mass is 10.1. The van der Waals surface area contributed by atoms with Gasteiger partial charge in [0.05, 0.1) is 25.6 Å². The van der Waals surface area contributed by atoms with Crippen LogP contribution in [-0.4, -0.2) is 52.0 Å². The summed E-state index contributed by atoms with van der Waals surface area (Å²) in [6.07, 6.45) is 4.28. The number of hydrogen-bond acceptors (Lipinski definition) is 6. The molecule has 0 bridgehead atoms. The largest absolute Gasteiger partial charge is 0.467 e. The van der Waals surface area contributed by atoms with Gasteiger partial charge in [0.15, 0.2) is 5.69 Å². The predicted molar refractivity (Wildman–Crippen MR) is 81.9 cm³/mol. The van der Waals surface area contributed by atoms with Gasteiger partial charge in [-0.3, -0.25) is 14.3 Å². The minimum absolute atomic E-state index is 0.270. The van der Waals surface area contributed by atoms with Gasteiger partial charge in [-0.1, -0.05) is 0 Å². The fourth-order valence-corrected chi connectivity index (χ4v) is 2.84. The number of hydroxylamine groups is 2. The number of carbonyl (C=O) groups excluding carboxylic acids is 1. The lowest BCUT2D eigenvalue weighted by molar-refractivity contribution is -0.0761. The maximum atomic E-state index is 12.5. The highest BCUT2D eigenvalue weighted by Crippen LogP contribution is 2.33. The van der Waals surface area contributed by atoms with Crippen molar-refractivity contribution in [2.75, 3.05) is 21.3 Å². The number of amides is 1. The van der Waals surface area contributed by atoms with E-state index in [-0.39, 0.29) is 5.91 Å². The molecule has 0 radical (unpaired) electrons. The van der Waals surface area contributed by atoms with Crippen LogP contribution in [0, 0.1) is 0 Å². The zero-order valence-corrected chi connectivity index (χ0v) is 13.7. The lowest BCUT2D eigenvalue weighted by Crippen LogP contribution is -2.26. The van der Waals surface area contributed by atoms with E-state index in [1.165, 1.54) is 19.3 Å². The quantitative estimate of drug-likeness (QED) is 0.786. The van der Waals surface area contributed by atoms with Crippen molar-refractivity contribution >= 4 is 5.91 Å². The fraction of sp³-hybridized carbons (Fsp3) is 0.467. The average Bonchev–Trinajstić information content (AvgIpc) is 2.78. The summed E-state index contributed by atoms with van der Waals surface area (Å²) in [5, 5.41) is 5.58. The van der Waals surface area contributed by atoms with Gasteiger partial charge < -0.3 is 4.74 Å². The molecule has 2 aromatic rings. The Labute approximate surface area is 134 Å². The molecule has 8 nitrogen and oxygen atoms in total. The van der Waals surface area contributed by atoms with Crippen molar-refractivity contribution in [1.82, 2.24) is 24.8 Å². The number of rotatable bonds is 3. The summed E-state index contributed by atoms with van der Waals surface area (Å²) in [7, 11) is 6.36. The fourth-order valence-electron chi connectivity index (χ4n) is 2.84.